The standard InChI is InChI=1S/C25H32N2O2/c1-18(19-8-7-11-29-19)27(20-9-5-6-10-26-20)21(28)25-15-22(2)12-23(3,16-25)14-24(4,13-22)17-25/h5-11,18H,12-17H2,1-4H3/t18-,22?,23?,24?,25?/m0/s1. The Morgan fingerprint density at radius 1 is 0.966 bits per heavy atom. The van der Waals surface area contributed by atoms with Crippen molar-refractivity contribution in [2.75, 3.05) is 4.90 Å². The number of rotatable bonds is 4. The second-order valence-corrected chi connectivity index (χ2v) is 11.3. The SMILES string of the molecule is C[C@@H](c1ccco1)N(C(=O)C12CC3(C)CC(C)(CC(C)(C3)C1)C2)c1ccccn1. The Balaban J connectivity index is 1.59. The van der Waals surface area contributed by atoms with Gasteiger partial charge in [-0.2, -0.15) is 0 Å². The number of pyridine rings is 1. The molecule has 1 amide bonds. The second kappa shape index (κ2) is 5.96. The molecule has 0 aromatic carbocycles. The van der Waals surface area contributed by atoms with Gasteiger partial charge in [0.05, 0.1) is 17.7 Å². The Morgan fingerprint density at radius 2 is 1.59 bits per heavy atom. The van der Waals surface area contributed by atoms with Crippen molar-refractivity contribution in [3.05, 3.63) is 48.6 Å². The average molecular weight is 393 g/mol. The predicted octanol–water partition coefficient (Wildman–Crippen LogP) is 6.16. The van der Waals surface area contributed by atoms with E-state index in [1.165, 1.54) is 19.3 Å². The summed E-state index contributed by atoms with van der Waals surface area (Å²) in [5.41, 5.74) is 0.484. The number of nitrogens with zero attached hydrogens (tertiary/aromatic N) is 2. The van der Waals surface area contributed by atoms with E-state index in [1.54, 1.807) is 12.5 Å². The lowest BCUT2D eigenvalue weighted by atomic mass is 9.36. The van der Waals surface area contributed by atoms with Crippen LogP contribution in [0, 0.1) is 21.7 Å². The normalized spacial score (nSPS) is 38.8. The van der Waals surface area contributed by atoms with Crippen molar-refractivity contribution in [1.29, 1.82) is 0 Å². The third-order valence-electron chi connectivity index (χ3n) is 7.77. The Hall–Kier alpha value is -2.10. The molecule has 0 saturated heterocycles. The summed E-state index contributed by atoms with van der Waals surface area (Å²) in [6.45, 7) is 9.31. The van der Waals surface area contributed by atoms with Gasteiger partial charge in [-0.25, -0.2) is 4.98 Å². The van der Waals surface area contributed by atoms with E-state index in [0.717, 1.165) is 30.8 Å². The summed E-state index contributed by atoms with van der Waals surface area (Å²) in [7, 11) is 0. The van der Waals surface area contributed by atoms with Crippen LogP contribution in [0.2, 0.25) is 0 Å². The van der Waals surface area contributed by atoms with Crippen LogP contribution in [0.1, 0.15) is 78.0 Å². The molecule has 4 aliphatic carbocycles. The van der Waals surface area contributed by atoms with Gasteiger partial charge in [0.15, 0.2) is 0 Å². The van der Waals surface area contributed by atoms with E-state index in [9.17, 15) is 4.79 Å². The Kier molecular flexibility index (Phi) is 3.89. The van der Waals surface area contributed by atoms with Gasteiger partial charge >= 0.3 is 0 Å². The summed E-state index contributed by atoms with van der Waals surface area (Å²) in [4.78, 5) is 20.9. The van der Waals surface area contributed by atoms with Crippen molar-refractivity contribution >= 4 is 11.7 Å². The highest BCUT2D eigenvalue weighted by Crippen LogP contribution is 2.74. The number of furan rings is 1. The fourth-order valence-corrected chi connectivity index (χ4v) is 8.40. The number of carbonyl (C=O) groups excluding carboxylic acids is 1. The topological polar surface area (TPSA) is 46.3 Å². The highest BCUT2D eigenvalue weighted by molar-refractivity contribution is 5.98. The summed E-state index contributed by atoms with van der Waals surface area (Å²) in [5, 5.41) is 0. The molecule has 4 aliphatic rings. The molecule has 0 radical (unpaired) electrons. The zero-order valence-corrected chi connectivity index (χ0v) is 18.1. The van der Waals surface area contributed by atoms with Gasteiger partial charge in [-0.3, -0.25) is 9.69 Å². The molecule has 2 heterocycles. The number of hydrogen-bond acceptors (Lipinski definition) is 3. The van der Waals surface area contributed by atoms with Crippen molar-refractivity contribution in [2.45, 2.75) is 72.3 Å². The molecular weight excluding hydrogens is 360 g/mol. The second-order valence-electron chi connectivity index (χ2n) is 11.3. The Labute approximate surface area is 173 Å². The third kappa shape index (κ3) is 2.94. The van der Waals surface area contributed by atoms with Crippen molar-refractivity contribution in [1.82, 2.24) is 4.98 Å². The van der Waals surface area contributed by atoms with Gasteiger partial charge in [0.25, 0.3) is 0 Å². The number of aromatic nitrogens is 1. The third-order valence-corrected chi connectivity index (χ3v) is 7.77. The minimum absolute atomic E-state index is 0.186. The lowest BCUT2D eigenvalue weighted by molar-refractivity contribution is -0.190. The zero-order valence-electron chi connectivity index (χ0n) is 18.1. The summed E-state index contributed by atoms with van der Waals surface area (Å²) < 4.78 is 5.70. The van der Waals surface area contributed by atoms with Gasteiger partial charge in [0, 0.05) is 6.20 Å². The van der Waals surface area contributed by atoms with E-state index in [1.807, 2.05) is 35.2 Å². The van der Waals surface area contributed by atoms with Crippen LogP contribution in [0.25, 0.3) is 0 Å². The van der Waals surface area contributed by atoms with E-state index in [2.05, 4.69) is 32.7 Å². The van der Waals surface area contributed by atoms with E-state index in [0.29, 0.717) is 0 Å². The first-order chi connectivity index (χ1) is 13.7. The molecule has 0 aliphatic heterocycles. The molecule has 4 saturated carbocycles. The van der Waals surface area contributed by atoms with Crippen molar-refractivity contribution < 1.29 is 9.21 Å². The smallest absolute Gasteiger partial charge is 0.235 e. The summed E-state index contributed by atoms with van der Waals surface area (Å²) in [6.07, 6.45) is 10.2. The minimum atomic E-state index is -0.300. The molecule has 6 rings (SSSR count). The summed E-state index contributed by atoms with van der Waals surface area (Å²) >= 11 is 0. The number of anilines is 1. The highest BCUT2D eigenvalue weighted by atomic mass is 16.3. The maximum atomic E-state index is 14.4. The van der Waals surface area contributed by atoms with Crippen LogP contribution in [0.15, 0.2) is 47.2 Å². The molecule has 0 N–H and O–H groups in total. The van der Waals surface area contributed by atoms with Crippen LogP contribution in [0.3, 0.4) is 0 Å². The predicted molar refractivity (Wildman–Crippen MR) is 113 cm³/mol. The van der Waals surface area contributed by atoms with Gasteiger partial charge < -0.3 is 4.42 Å². The van der Waals surface area contributed by atoms with Gasteiger partial charge in [-0.15, -0.1) is 0 Å². The average Bonchev–Trinajstić information content (AvgIpc) is 3.13. The molecule has 29 heavy (non-hydrogen) atoms. The molecule has 4 nitrogen and oxygen atoms in total. The molecule has 4 fully saturated rings. The first-order valence-corrected chi connectivity index (χ1v) is 10.9. The van der Waals surface area contributed by atoms with Gasteiger partial charge in [-0.05, 0) is 86.0 Å². The number of hydrogen-bond donors (Lipinski definition) is 0. The quantitative estimate of drug-likeness (QED) is 0.626. The van der Waals surface area contributed by atoms with Crippen LogP contribution >= 0.6 is 0 Å². The minimum Gasteiger partial charge on any atom is -0.467 e. The fraction of sp³-hybridized carbons (Fsp3) is 0.600. The maximum absolute atomic E-state index is 14.4. The van der Waals surface area contributed by atoms with Crippen molar-refractivity contribution in [3.63, 3.8) is 0 Å². The van der Waals surface area contributed by atoms with E-state index in [-0.39, 0.29) is 33.6 Å². The number of carbonyl (C=O) groups is 1. The highest BCUT2D eigenvalue weighted by Gasteiger charge is 2.67. The Morgan fingerprint density at radius 3 is 2.07 bits per heavy atom. The molecular formula is C25H32N2O2. The van der Waals surface area contributed by atoms with Crippen molar-refractivity contribution in [2.24, 2.45) is 21.7 Å². The fourth-order valence-electron chi connectivity index (χ4n) is 8.40. The van der Waals surface area contributed by atoms with Gasteiger partial charge in [-0.1, -0.05) is 26.8 Å². The molecule has 4 bridgehead atoms. The molecule has 0 spiro atoms. The monoisotopic (exact) mass is 392 g/mol. The van der Waals surface area contributed by atoms with E-state index >= 15 is 0 Å². The molecule has 2 aromatic rings. The lowest BCUT2D eigenvalue weighted by Crippen LogP contribution is -2.63. The first-order valence-electron chi connectivity index (χ1n) is 10.9. The van der Waals surface area contributed by atoms with Gasteiger partial charge in [0.2, 0.25) is 5.91 Å². The van der Waals surface area contributed by atoms with E-state index in [4.69, 9.17) is 4.42 Å². The molecule has 0 unspecified atom stereocenters. The summed E-state index contributed by atoms with van der Waals surface area (Å²) in [6, 6.07) is 9.47. The van der Waals surface area contributed by atoms with Crippen LogP contribution in [-0.4, -0.2) is 10.9 Å². The summed E-state index contributed by atoms with van der Waals surface area (Å²) in [5.74, 6) is 1.76. The van der Waals surface area contributed by atoms with Crippen LogP contribution < -0.4 is 4.90 Å². The van der Waals surface area contributed by atoms with Crippen LogP contribution in [0.5, 0.6) is 0 Å². The van der Waals surface area contributed by atoms with Crippen LogP contribution in [-0.2, 0) is 4.79 Å². The largest absolute Gasteiger partial charge is 0.467 e. The molecule has 4 heteroatoms. The van der Waals surface area contributed by atoms with Crippen LogP contribution in [0.4, 0.5) is 5.82 Å². The van der Waals surface area contributed by atoms with E-state index < -0.39 is 0 Å². The Bertz CT molecular complexity index is 866. The molecule has 154 valence electrons. The first kappa shape index (κ1) is 18.9. The maximum Gasteiger partial charge on any atom is 0.235 e. The lowest BCUT2D eigenvalue weighted by Gasteiger charge is -2.68. The van der Waals surface area contributed by atoms with Gasteiger partial charge in [0.1, 0.15) is 11.6 Å². The van der Waals surface area contributed by atoms with Crippen molar-refractivity contribution in [3.8, 4) is 0 Å². The molecule has 1 atom stereocenters. The number of amides is 1. The molecule has 2 aromatic heterocycles. The zero-order chi connectivity index (χ0) is 20.5.